The van der Waals surface area contributed by atoms with Gasteiger partial charge in [0.05, 0.1) is 23.5 Å². The van der Waals surface area contributed by atoms with E-state index in [0.717, 1.165) is 16.8 Å². The SMILES string of the molecule is COc1ccc(-c2nc(N)c3nc(Cc4ccccc4)nn3c2C)cc1Cl. The van der Waals surface area contributed by atoms with Crippen LogP contribution in [0.25, 0.3) is 16.9 Å². The second-order valence-electron chi connectivity index (χ2n) is 6.21. The summed E-state index contributed by atoms with van der Waals surface area (Å²) >= 11 is 6.27. The zero-order valence-corrected chi connectivity index (χ0v) is 15.7. The number of halogens is 1. The topological polar surface area (TPSA) is 78.3 Å². The number of hydrogen-bond acceptors (Lipinski definition) is 5. The van der Waals surface area contributed by atoms with Crippen LogP contribution in [0.2, 0.25) is 5.02 Å². The van der Waals surface area contributed by atoms with E-state index < -0.39 is 0 Å². The number of benzene rings is 2. The van der Waals surface area contributed by atoms with Gasteiger partial charge >= 0.3 is 0 Å². The predicted octanol–water partition coefficient (Wildman–Crippen LogP) is 3.93. The minimum absolute atomic E-state index is 0.328. The van der Waals surface area contributed by atoms with Gasteiger partial charge in [0, 0.05) is 12.0 Å². The van der Waals surface area contributed by atoms with Gasteiger partial charge in [0.25, 0.3) is 0 Å². The highest BCUT2D eigenvalue weighted by Gasteiger charge is 2.16. The summed E-state index contributed by atoms with van der Waals surface area (Å²) in [5.74, 6) is 1.63. The molecule has 0 saturated carbocycles. The van der Waals surface area contributed by atoms with Crippen LogP contribution in [-0.2, 0) is 6.42 Å². The molecule has 2 heterocycles. The lowest BCUT2D eigenvalue weighted by atomic mass is 10.1. The van der Waals surface area contributed by atoms with Crippen LogP contribution in [0.3, 0.4) is 0 Å². The first kappa shape index (κ1) is 17.3. The first-order valence-electron chi connectivity index (χ1n) is 8.46. The van der Waals surface area contributed by atoms with Crippen molar-refractivity contribution in [3.8, 4) is 17.0 Å². The van der Waals surface area contributed by atoms with Gasteiger partial charge in [-0.25, -0.2) is 14.5 Å². The van der Waals surface area contributed by atoms with E-state index in [2.05, 4.69) is 15.1 Å². The molecule has 0 amide bonds. The van der Waals surface area contributed by atoms with Crippen molar-refractivity contribution in [3.63, 3.8) is 0 Å². The Hall–Kier alpha value is -3.12. The van der Waals surface area contributed by atoms with E-state index in [0.29, 0.717) is 40.2 Å². The molecular weight excluding hydrogens is 362 g/mol. The molecule has 0 spiro atoms. The number of fused-ring (bicyclic) bond motifs is 1. The van der Waals surface area contributed by atoms with Crippen LogP contribution in [0.4, 0.5) is 5.82 Å². The fourth-order valence-corrected chi connectivity index (χ4v) is 3.30. The van der Waals surface area contributed by atoms with E-state index in [9.17, 15) is 0 Å². The highest BCUT2D eigenvalue weighted by atomic mass is 35.5. The highest BCUT2D eigenvalue weighted by molar-refractivity contribution is 6.32. The standard InChI is InChI=1S/C20H18ClN5O/c1-12-18(14-8-9-16(27-2)15(21)11-14)24-19(22)20-23-17(25-26(12)20)10-13-6-4-3-5-7-13/h3-9,11H,10H2,1-2H3,(H2,22,24). The average Bonchev–Trinajstić information content (AvgIpc) is 3.10. The van der Waals surface area contributed by atoms with Gasteiger partial charge in [0.2, 0.25) is 0 Å². The number of nitrogen functional groups attached to an aromatic ring is 1. The smallest absolute Gasteiger partial charge is 0.198 e. The molecule has 0 bridgehead atoms. The van der Waals surface area contributed by atoms with Gasteiger partial charge in [-0.1, -0.05) is 41.9 Å². The monoisotopic (exact) mass is 379 g/mol. The van der Waals surface area contributed by atoms with Gasteiger partial charge in [-0.2, -0.15) is 5.10 Å². The molecule has 136 valence electrons. The Morgan fingerprint density at radius 2 is 1.89 bits per heavy atom. The number of ether oxygens (including phenoxy) is 1. The Labute approximate surface area is 161 Å². The molecule has 0 aliphatic rings. The summed E-state index contributed by atoms with van der Waals surface area (Å²) in [7, 11) is 1.58. The van der Waals surface area contributed by atoms with Gasteiger partial charge in [-0.05, 0) is 30.7 Å². The van der Waals surface area contributed by atoms with Gasteiger partial charge < -0.3 is 10.5 Å². The number of hydrogen-bond donors (Lipinski definition) is 1. The van der Waals surface area contributed by atoms with Crippen LogP contribution in [0.15, 0.2) is 48.5 Å². The number of rotatable bonds is 4. The highest BCUT2D eigenvalue weighted by Crippen LogP contribution is 2.31. The van der Waals surface area contributed by atoms with E-state index in [-0.39, 0.29) is 0 Å². The predicted molar refractivity (Wildman–Crippen MR) is 106 cm³/mol. The summed E-state index contributed by atoms with van der Waals surface area (Å²) < 4.78 is 6.96. The fourth-order valence-electron chi connectivity index (χ4n) is 3.05. The average molecular weight is 380 g/mol. The van der Waals surface area contributed by atoms with Crippen molar-refractivity contribution in [1.82, 2.24) is 19.6 Å². The molecule has 0 saturated heterocycles. The van der Waals surface area contributed by atoms with Crippen molar-refractivity contribution in [2.75, 3.05) is 12.8 Å². The molecule has 2 N–H and O–H groups in total. The number of nitrogens with zero attached hydrogens (tertiary/aromatic N) is 4. The Morgan fingerprint density at radius 3 is 2.59 bits per heavy atom. The van der Waals surface area contributed by atoms with Crippen molar-refractivity contribution >= 4 is 23.1 Å². The van der Waals surface area contributed by atoms with Crippen LogP contribution < -0.4 is 10.5 Å². The molecule has 0 aliphatic heterocycles. The third-order valence-electron chi connectivity index (χ3n) is 4.40. The number of anilines is 1. The van der Waals surface area contributed by atoms with Crippen LogP contribution in [-0.4, -0.2) is 26.7 Å². The lowest BCUT2D eigenvalue weighted by Gasteiger charge is -2.10. The Kier molecular flexibility index (Phi) is 4.41. The van der Waals surface area contributed by atoms with Crippen molar-refractivity contribution in [2.24, 2.45) is 0 Å². The summed E-state index contributed by atoms with van der Waals surface area (Å²) in [6.45, 7) is 1.94. The van der Waals surface area contributed by atoms with Crippen LogP contribution in [0.5, 0.6) is 5.75 Å². The molecule has 7 heteroatoms. The van der Waals surface area contributed by atoms with E-state index >= 15 is 0 Å². The molecule has 0 fully saturated rings. The number of nitrogens with two attached hydrogens (primary N) is 1. The summed E-state index contributed by atoms with van der Waals surface area (Å²) in [5.41, 5.74) is 10.3. The zero-order chi connectivity index (χ0) is 19.0. The number of aromatic nitrogens is 4. The Morgan fingerprint density at radius 1 is 1.11 bits per heavy atom. The molecule has 2 aromatic heterocycles. The van der Waals surface area contributed by atoms with Crippen LogP contribution in [0.1, 0.15) is 17.1 Å². The molecule has 0 unspecified atom stereocenters. The largest absolute Gasteiger partial charge is 0.495 e. The number of methoxy groups -OCH3 is 1. The molecule has 0 radical (unpaired) electrons. The molecule has 2 aromatic carbocycles. The van der Waals surface area contributed by atoms with Crippen molar-refractivity contribution in [2.45, 2.75) is 13.3 Å². The van der Waals surface area contributed by atoms with Crippen molar-refractivity contribution in [1.29, 1.82) is 0 Å². The van der Waals surface area contributed by atoms with Crippen LogP contribution >= 0.6 is 11.6 Å². The van der Waals surface area contributed by atoms with Gasteiger partial charge in [-0.3, -0.25) is 0 Å². The van der Waals surface area contributed by atoms with Gasteiger partial charge in [0.1, 0.15) is 5.75 Å². The van der Waals surface area contributed by atoms with Gasteiger partial charge in [-0.15, -0.1) is 0 Å². The van der Waals surface area contributed by atoms with E-state index in [1.807, 2.05) is 49.4 Å². The molecule has 27 heavy (non-hydrogen) atoms. The first-order valence-corrected chi connectivity index (χ1v) is 8.84. The summed E-state index contributed by atoms with van der Waals surface area (Å²) in [5, 5.41) is 5.15. The molecule has 6 nitrogen and oxygen atoms in total. The Balaban J connectivity index is 1.80. The quantitative estimate of drug-likeness (QED) is 0.581. The third-order valence-corrected chi connectivity index (χ3v) is 4.70. The Bertz CT molecular complexity index is 1120. The lowest BCUT2D eigenvalue weighted by molar-refractivity contribution is 0.415. The first-order chi connectivity index (χ1) is 13.1. The van der Waals surface area contributed by atoms with E-state index in [1.54, 1.807) is 17.7 Å². The second kappa shape index (κ2) is 6.89. The van der Waals surface area contributed by atoms with Gasteiger partial charge in [0.15, 0.2) is 17.3 Å². The maximum absolute atomic E-state index is 6.27. The number of aryl methyl sites for hydroxylation is 1. The zero-order valence-electron chi connectivity index (χ0n) is 15.0. The van der Waals surface area contributed by atoms with Crippen molar-refractivity contribution < 1.29 is 4.74 Å². The van der Waals surface area contributed by atoms with Crippen molar-refractivity contribution in [3.05, 3.63) is 70.6 Å². The summed E-state index contributed by atoms with van der Waals surface area (Å²) in [6.07, 6.45) is 0.630. The van der Waals surface area contributed by atoms with E-state index in [1.165, 1.54) is 0 Å². The minimum atomic E-state index is 0.328. The normalized spacial score (nSPS) is 11.1. The molecular formula is C20H18ClN5O. The molecule has 4 aromatic rings. The molecule has 0 atom stereocenters. The third kappa shape index (κ3) is 3.19. The maximum Gasteiger partial charge on any atom is 0.198 e. The second-order valence-corrected chi connectivity index (χ2v) is 6.61. The maximum atomic E-state index is 6.27. The summed E-state index contributed by atoms with van der Waals surface area (Å²) in [6, 6.07) is 15.6. The summed E-state index contributed by atoms with van der Waals surface area (Å²) in [4.78, 5) is 9.11. The van der Waals surface area contributed by atoms with Crippen LogP contribution in [0, 0.1) is 6.92 Å². The minimum Gasteiger partial charge on any atom is -0.495 e. The lowest BCUT2D eigenvalue weighted by Crippen LogP contribution is -2.04. The molecule has 4 rings (SSSR count). The van der Waals surface area contributed by atoms with E-state index in [4.69, 9.17) is 22.1 Å². The fraction of sp³-hybridized carbons (Fsp3) is 0.150. The molecule has 0 aliphatic carbocycles.